The highest BCUT2D eigenvalue weighted by atomic mass is 16.5. The van der Waals surface area contributed by atoms with E-state index in [2.05, 4.69) is 26.2 Å². The summed E-state index contributed by atoms with van der Waals surface area (Å²) in [7, 11) is 7.37. The standard InChI is InChI=1S/C23H32N6O2/c1-28(2)11-10-24-23-26-19-13-21(31-4)20(30-3)12-18(19)22(27-23)16-14-25-29(15-16)17-8-6-5-7-9-17/h12-15,17H,5-11H2,1-4H3,(H,24,26,27). The van der Waals surface area contributed by atoms with Crippen molar-refractivity contribution in [1.82, 2.24) is 24.6 Å². The third kappa shape index (κ3) is 4.74. The van der Waals surface area contributed by atoms with Crippen LogP contribution in [-0.4, -0.2) is 66.1 Å². The van der Waals surface area contributed by atoms with Crippen molar-refractivity contribution in [2.24, 2.45) is 0 Å². The fraction of sp³-hybridized carbons (Fsp3) is 0.522. The van der Waals surface area contributed by atoms with Gasteiger partial charge in [0, 0.05) is 36.3 Å². The number of hydrogen-bond donors (Lipinski definition) is 1. The molecule has 8 nitrogen and oxygen atoms in total. The maximum absolute atomic E-state index is 5.53. The number of methoxy groups -OCH3 is 2. The number of fused-ring (bicyclic) bond motifs is 1. The van der Waals surface area contributed by atoms with Gasteiger partial charge in [-0.05, 0) is 33.0 Å². The smallest absolute Gasteiger partial charge is 0.223 e. The van der Waals surface area contributed by atoms with Crippen molar-refractivity contribution in [3.63, 3.8) is 0 Å². The Hall–Kier alpha value is -2.87. The Labute approximate surface area is 183 Å². The summed E-state index contributed by atoms with van der Waals surface area (Å²) in [6, 6.07) is 4.33. The van der Waals surface area contributed by atoms with Gasteiger partial charge < -0.3 is 19.7 Å². The molecule has 1 aliphatic carbocycles. The van der Waals surface area contributed by atoms with Crippen LogP contribution >= 0.6 is 0 Å². The molecule has 2 heterocycles. The van der Waals surface area contributed by atoms with Gasteiger partial charge in [0.25, 0.3) is 0 Å². The molecule has 1 aliphatic rings. The summed E-state index contributed by atoms with van der Waals surface area (Å²) in [5, 5.41) is 8.95. The molecule has 166 valence electrons. The van der Waals surface area contributed by atoms with Crippen molar-refractivity contribution in [1.29, 1.82) is 0 Å². The normalized spacial score (nSPS) is 14.9. The van der Waals surface area contributed by atoms with E-state index >= 15 is 0 Å². The lowest BCUT2D eigenvalue weighted by atomic mass is 9.96. The van der Waals surface area contributed by atoms with Crippen molar-refractivity contribution >= 4 is 16.9 Å². The van der Waals surface area contributed by atoms with E-state index < -0.39 is 0 Å². The molecular weight excluding hydrogens is 392 g/mol. The highest BCUT2D eigenvalue weighted by molar-refractivity contribution is 5.95. The predicted octanol–water partition coefficient (Wildman–Crippen LogP) is 3.99. The van der Waals surface area contributed by atoms with Gasteiger partial charge in [0.05, 0.1) is 37.7 Å². The maximum Gasteiger partial charge on any atom is 0.223 e. The molecule has 1 N–H and O–H groups in total. The molecule has 2 aromatic heterocycles. The highest BCUT2D eigenvalue weighted by Crippen LogP contribution is 2.37. The van der Waals surface area contributed by atoms with Crippen molar-refractivity contribution in [2.45, 2.75) is 38.1 Å². The number of nitrogens with one attached hydrogen (secondary N) is 1. The first-order valence-corrected chi connectivity index (χ1v) is 11.0. The molecule has 1 aromatic carbocycles. The molecule has 0 radical (unpaired) electrons. The molecule has 3 aromatic rings. The number of likely N-dealkylation sites (N-methyl/N-ethyl adjacent to an activating group) is 1. The summed E-state index contributed by atoms with van der Waals surface area (Å²) in [4.78, 5) is 11.7. The second-order valence-electron chi connectivity index (χ2n) is 8.35. The lowest BCUT2D eigenvalue weighted by Gasteiger charge is -2.21. The van der Waals surface area contributed by atoms with Crippen molar-refractivity contribution < 1.29 is 9.47 Å². The number of hydrogen-bond acceptors (Lipinski definition) is 7. The minimum Gasteiger partial charge on any atom is -0.493 e. The molecule has 0 aliphatic heterocycles. The van der Waals surface area contributed by atoms with Gasteiger partial charge in [0.2, 0.25) is 5.95 Å². The van der Waals surface area contributed by atoms with Crippen molar-refractivity contribution in [3.05, 3.63) is 24.5 Å². The minimum absolute atomic E-state index is 0.475. The predicted molar refractivity (Wildman–Crippen MR) is 123 cm³/mol. The van der Waals surface area contributed by atoms with Crippen LogP contribution in [0.5, 0.6) is 11.5 Å². The van der Waals surface area contributed by atoms with Gasteiger partial charge in [-0.1, -0.05) is 19.3 Å². The summed E-state index contributed by atoms with van der Waals surface area (Å²) in [6.07, 6.45) is 10.3. The Morgan fingerprint density at radius 2 is 1.81 bits per heavy atom. The topological polar surface area (TPSA) is 77.3 Å². The summed E-state index contributed by atoms with van der Waals surface area (Å²) in [6.45, 7) is 1.65. The van der Waals surface area contributed by atoms with E-state index in [9.17, 15) is 0 Å². The molecule has 0 unspecified atom stereocenters. The van der Waals surface area contributed by atoms with E-state index in [0.717, 1.165) is 35.2 Å². The molecule has 8 heteroatoms. The molecule has 0 amide bonds. The third-order valence-corrected chi connectivity index (χ3v) is 5.87. The van der Waals surface area contributed by atoms with Crippen LogP contribution in [0.3, 0.4) is 0 Å². The second-order valence-corrected chi connectivity index (χ2v) is 8.35. The summed E-state index contributed by atoms with van der Waals surface area (Å²) < 4.78 is 13.1. The second kappa shape index (κ2) is 9.51. The lowest BCUT2D eigenvalue weighted by molar-refractivity contribution is 0.329. The Bertz CT molecular complexity index is 1030. The number of rotatable bonds is 8. The third-order valence-electron chi connectivity index (χ3n) is 5.87. The van der Waals surface area contributed by atoms with Gasteiger partial charge in [-0.2, -0.15) is 5.10 Å². The van der Waals surface area contributed by atoms with Crippen LogP contribution in [0.15, 0.2) is 24.5 Å². The molecule has 31 heavy (non-hydrogen) atoms. The summed E-state index contributed by atoms with van der Waals surface area (Å²) >= 11 is 0. The number of nitrogens with zero attached hydrogens (tertiary/aromatic N) is 5. The van der Waals surface area contributed by atoms with E-state index in [1.165, 1.54) is 32.1 Å². The molecule has 0 spiro atoms. The number of anilines is 1. The van der Waals surface area contributed by atoms with Gasteiger partial charge in [0.1, 0.15) is 0 Å². The molecule has 0 atom stereocenters. The number of benzene rings is 1. The largest absolute Gasteiger partial charge is 0.493 e. The van der Waals surface area contributed by atoms with Crippen molar-refractivity contribution in [3.8, 4) is 22.8 Å². The van der Waals surface area contributed by atoms with Crippen LogP contribution in [0, 0.1) is 0 Å². The molecular formula is C23H32N6O2. The average Bonchev–Trinajstić information content (AvgIpc) is 3.28. The van der Waals surface area contributed by atoms with E-state index in [0.29, 0.717) is 23.5 Å². The van der Waals surface area contributed by atoms with Gasteiger partial charge in [-0.25, -0.2) is 9.97 Å². The van der Waals surface area contributed by atoms with Gasteiger partial charge >= 0.3 is 0 Å². The average molecular weight is 425 g/mol. The fourth-order valence-corrected chi connectivity index (χ4v) is 4.15. The summed E-state index contributed by atoms with van der Waals surface area (Å²) in [5.74, 6) is 1.91. The first-order valence-electron chi connectivity index (χ1n) is 11.0. The molecule has 0 saturated heterocycles. The number of ether oxygens (including phenoxy) is 2. The first kappa shape index (κ1) is 21.4. The quantitative estimate of drug-likeness (QED) is 0.586. The fourth-order valence-electron chi connectivity index (χ4n) is 4.15. The van der Waals surface area contributed by atoms with E-state index in [-0.39, 0.29) is 0 Å². The van der Waals surface area contributed by atoms with Gasteiger partial charge in [-0.15, -0.1) is 0 Å². The Morgan fingerprint density at radius 1 is 1.06 bits per heavy atom. The minimum atomic E-state index is 0.475. The van der Waals surface area contributed by atoms with Crippen LogP contribution in [0.2, 0.25) is 0 Å². The maximum atomic E-state index is 5.53. The monoisotopic (exact) mass is 424 g/mol. The Kier molecular flexibility index (Phi) is 6.56. The highest BCUT2D eigenvalue weighted by Gasteiger charge is 2.19. The van der Waals surface area contributed by atoms with Gasteiger partial charge in [-0.3, -0.25) is 4.68 Å². The van der Waals surface area contributed by atoms with Crippen LogP contribution in [0.25, 0.3) is 22.2 Å². The molecule has 1 saturated carbocycles. The Morgan fingerprint density at radius 3 is 2.52 bits per heavy atom. The zero-order valence-electron chi connectivity index (χ0n) is 18.9. The SMILES string of the molecule is COc1cc2nc(NCCN(C)C)nc(-c3cnn(C4CCCCC4)c3)c2cc1OC. The molecule has 1 fully saturated rings. The van der Waals surface area contributed by atoms with Crippen LogP contribution < -0.4 is 14.8 Å². The lowest BCUT2D eigenvalue weighted by Crippen LogP contribution is -2.21. The van der Waals surface area contributed by atoms with E-state index in [1.54, 1.807) is 14.2 Å². The molecule has 4 rings (SSSR count). The first-order chi connectivity index (χ1) is 15.1. The van der Waals surface area contributed by atoms with Crippen LogP contribution in [0.1, 0.15) is 38.1 Å². The van der Waals surface area contributed by atoms with Crippen LogP contribution in [-0.2, 0) is 0 Å². The summed E-state index contributed by atoms with van der Waals surface area (Å²) in [5.41, 5.74) is 2.64. The van der Waals surface area contributed by atoms with E-state index in [1.807, 2.05) is 32.4 Å². The Balaban J connectivity index is 1.76. The van der Waals surface area contributed by atoms with Gasteiger partial charge in [0.15, 0.2) is 11.5 Å². The number of aromatic nitrogens is 4. The van der Waals surface area contributed by atoms with E-state index in [4.69, 9.17) is 19.4 Å². The zero-order chi connectivity index (χ0) is 21.8. The van der Waals surface area contributed by atoms with Crippen LogP contribution in [0.4, 0.5) is 5.95 Å². The van der Waals surface area contributed by atoms with Crippen molar-refractivity contribution in [2.75, 3.05) is 46.7 Å². The zero-order valence-corrected chi connectivity index (χ0v) is 18.9. The molecule has 0 bridgehead atoms.